The molecule has 26 heavy (non-hydrogen) atoms. The number of carbonyl (C=O) groups is 2. The van der Waals surface area contributed by atoms with E-state index in [0.29, 0.717) is 17.4 Å². The maximum absolute atomic E-state index is 12.4. The molecule has 2 rings (SSSR count). The maximum atomic E-state index is 12.4. The third-order valence-corrected chi connectivity index (χ3v) is 3.91. The minimum Gasteiger partial charge on any atom is -0.482 e. The van der Waals surface area contributed by atoms with Crippen molar-refractivity contribution in [2.45, 2.75) is 40.7 Å². The number of aromatic nitrogens is 2. The maximum Gasteiger partial charge on any atom is 0.341 e. The van der Waals surface area contributed by atoms with Crippen molar-refractivity contribution in [1.29, 1.82) is 0 Å². The number of rotatable bonds is 8. The molecule has 0 aliphatic rings. The fourth-order valence-corrected chi connectivity index (χ4v) is 2.66. The molecule has 7 heteroatoms. The number of anilines is 1. The number of amides is 1. The summed E-state index contributed by atoms with van der Waals surface area (Å²) in [6.45, 7) is 8.59. The molecule has 2 N–H and O–H groups in total. The van der Waals surface area contributed by atoms with E-state index in [2.05, 4.69) is 24.3 Å². The van der Waals surface area contributed by atoms with E-state index in [0.717, 1.165) is 23.5 Å². The molecule has 0 radical (unpaired) electrons. The molecule has 1 aromatic heterocycles. The highest BCUT2D eigenvalue weighted by molar-refractivity contribution is 5.92. The summed E-state index contributed by atoms with van der Waals surface area (Å²) >= 11 is 0. The average molecular weight is 359 g/mol. The van der Waals surface area contributed by atoms with Crippen molar-refractivity contribution in [3.63, 3.8) is 0 Å². The summed E-state index contributed by atoms with van der Waals surface area (Å²) in [6.07, 6.45) is 0.257. The number of carboxylic acids is 1. The molecule has 2 aromatic rings. The molecule has 0 saturated carbocycles. The first-order valence-electron chi connectivity index (χ1n) is 8.53. The Hall–Kier alpha value is -2.83. The quantitative estimate of drug-likeness (QED) is 0.756. The summed E-state index contributed by atoms with van der Waals surface area (Å²) in [7, 11) is 0. The van der Waals surface area contributed by atoms with Gasteiger partial charge in [-0.05, 0) is 44.0 Å². The number of carbonyl (C=O) groups excluding carboxylic acids is 1. The van der Waals surface area contributed by atoms with Crippen molar-refractivity contribution < 1.29 is 19.4 Å². The summed E-state index contributed by atoms with van der Waals surface area (Å²) in [6, 6.07) is 6.60. The zero-order valence-electron chi connectivity index (χ0n) is 15.6. The Morgan fingerprint density at radius 3 is 2.46 bits per heavy atom. The number of hydrogen-bond acceptors (Lipinski definition) is 4. The summed E-state index contributed by atoms with van der Waals surface area (Å²) in [4.78, 5) is 22.8. The Labute approximate surface area is 153 Å². The van der Waals surface area contributed by atoms with Gasteiger partial charge in [0.2, 0.25) is 5.91 Å². The summed E-state index contributed by atoms with van der Waals surface area (Å²) in [5.41, 5.74) is 3.46. The molecule has 0 fully saturated rings. The Morgan fingerprint density at radius 2 is 1.88 bits per heavy atom. The van der Waals surface area contributed by atoms with Crippen LogP contribution < -0.4 is 10.1 Å². The lowest BCUT2D eigenvalue weighted by Crippen LogP contribution is -2.15. The van der Waals surface area contributed by atoms with E-state index in [1.807, 2.05) is 18.5 Å². The second kappa shape index (κ2) is 8.51. The highest BCUT2D eigenvalue weighted by atomic mass is 16.5. The molecule has 0 atom stereocenters. The summed E-state index contributed by atoms with van der Waals surface area (Å²) in [5, 5.41) is 16.0. The van der Waals surface area contributed by atoms with Gasteiger partial charge < -0.3 is 15.2 Å². The third kappa shape index (κ3) is 5.34. The van der Waals surface area contributed by atoms with Crippen molar-refractivity contribution in [3.8, 4) is 5.75 Å². The molecular weight excluding hydrogens is 334 g/mol. The summed E-state index contributed by atoms with van der Waals surface area (Å²) < 4.78 is 7.02. The Kier molecular flexibility index (Phi) is 6.38. The second-order valence-corrected chi connectivity index (χ2v) is 6.66. The molecule has 1 aromatic carbocycles. The SMILES string of the molecule is Cc1nn(CC(C)C)c(C)c1CC(=O)Nc1ccc(OCC(=O)O)cc1. The van der Waals surface area contributed by atoms with Crippen LogP contribution in [0.5, 0.6) is 5.75 Å². The number of benzene rings is 1. The second-order valence-electron chi connectivity index (χ2n) is 6.66. The van der Waals surface area contributed by atoms with Gasteiger partial charge in [-0.25, -0.2) is 4.79 Å². The Morgan fingerprint density at radius 1 is 1.23 bits per heavy atom. The highest BCUT2D eigenvalue weighted by Crippen LogP contribution is 2.18. The van der Waals surface area contributed by atoms with Crippen LogP contribution in [0.15, 0.2) is 24.3 Å². The van der Waals surface area contributed by atoms with E-state index < -0.39 is 12.6 Å². The van der Waals surface area contributed by atoms with Crippen molar-refractivity contribution in [1.82, 2.24) is 9.78 Å². The molecule has 0 bridgehead atoms. The number of nitrogens with one attached hydrogen (secondary N) is 1. The molecule has 1 heterocycles. The minimum atomic E-state index is -1.04. The largest absolute Gasteiger partial charge is 0.482 e. The van der Waals surface area contributed by atoms with Crippen LogP contribution in [-0.2, 0) is 22.6 Å². The Bertz CT molecular complexity index is 779. The van der Waals surface area contributed by atoms with Gasteiger partial charge in [-0.15, -0.1) is 0 Å². The Balaban J connectivity index is 1.98. The predicted molar refractivity (Wildman–Crippen MR) is 98.4 cm³/mol. The molecule has 0 aliphatic heterocycles. The van der Waals surface area contributed by atoms with Crippen molar-refractivity contribution in [2.24, 2.45) is 5.92 Å². The van der Waals surface area contributed by atoms with Gasteiger partial charge in [-0.1, -0.05) is 13.8 Å². The van der Waals surface area contributed by atoms with Gasteiger partial charge >= 0.3 is 5.97 Å². The van der Waals surface area contributed by atoms with Crippen molar-refractivity contribution in [2.75, 3.05) is 11.9 Å². The van der Waals surface area contributed by atoms with Gasteiger partial charge in [-0.3, -0.25) is 9.48 Å². The van der Waals surface area contributed by atoms with Gasteiger partial charge in [0.15, 0.2) is 6.61 Å². The van der Waals surface area contributed by atoms with Crippen LogP contribution >= 0.6 is 0 Å². The van der Waals surface area contributed by atoms with Crippen LogP contribution in [-0.4, -0.2) is 33.4 Å². The standard InChI is InChI=1S/C19H25N3O4/c1-12(2)10-22-14(4)17(13(3)21-22)9-18(23)20-15-5-7-16(8-6-15)26-11-19(24)25/h5-8,12H,9-11H2,1-4H3,(H,20,23)(H,24,25). The molecule has 0 spiro atoms. The van der Waals surface area contributed by atoms with E-state index in [1.54, 1.807) is 24.3 Å². The van der Waals surface area contributed by atoms with E-state index in [9.17, 15) is 9.59 Å². The smallest absolute Gasteiger partial charge is 0.341 e. The van der Waals surface area contributed by atoms with Gasteiger partial charge in [0.05, 0.1) is 12.1 Å². The molecular formula is C19H25N3O4. The first kappa shape index (κ1) is 19.5. The third-order valence-electron chi connectivity index (χ3n) is 3.91. The van der Waals surface area contributed by atoms with Gasteiger partial charge in [0.1, 0.15) is 5.75 Å². The molecule has 0 aliphatic carbocycles. The molecule has 0 unspecified atom stereocenters. The molecule has 0 saturated heterocycles. The number of carboxylic acid groups (broad SMARTS) is 1. The van der Waals surface area contributed by atoms with Crippen LogP contribution in [0, 0.1) is 19.8 Å². The van der Waals surface area contributed by atoms with E-state index >= 15 is 0 Å². The summed E-state index contributed by atoms with van der Waals surface area (Å²) in [5.74, 6) is -0.241. The van der Waals surface area contributed by atoms with Gasteiger partial charge in [0, 0.05) is 23.5 Å². The molecule has 7 nitrogen and oxygen atoms in total. The predicted octanol–water partition coefficient (Wildman–Crippen LogP) is 2.80. The lowest BCUT2D eigenvalue weighted by Gasteiger charge is -2.09. The number of aliphatic carboxylic acids is 1. The fourth-order valence-electron chi connectivity index (χ4n) is 2.66. The van der Waals surface area contributed by atoms with Gasteiger partial charge in [0.25, 0.3) is 0 Å². The normalized spacial score (nSPS) is 10.8. The first-order chi connectivity index (χ1) is 12.3. The van der Waals surface area contributed by atoms with E-state index in [-0.39, 0.29) is 12.3 Å². The van der Waals surface area contributed by atoms with Crippen LogP contribution in [0.25, 0.3) is 0 Å². The molecule has 140 valence electrons. The lowest BCUT2D eigenvalue weighted by atomic mass is 10.1. The zero-order valence-corrected chi connectivity index (χ0v) is 15.6. The van der Waals surface area contributed by atoms with Crippen LogP contribution in [0.2, 0.25) is 0 Å². The van der Waals surface area contributed by atoms with Gasteiger partial charge in [-0.2, -0.15) is 5.10 Å². The number of aryl methyl sites for hydroxylation is 1. The number of nitrogens with zero attached hydrogens (tertiary/aromatic N) is 2. The van der Waals surface area contributed by atoms with E-state index in [4.69, 9.17) is 9.84 Å². The van der Waals surface area contributed by atoms with Crippen LogP contribution in [0.4, 0.5) is 5.69 Å². The lowest BCUT2D eigenvalue weighted by molar-refractivity contribution is -0.139. The monoisotopic (exact) mass is 359 g/mol. The average Bonchev–Trinajstić information content (AvgIpc) is 2.81. The minimum absolute atomic E-state index is 0.125. The zero-order chi connectivity index (χ0) is 19.3. The van der Waals surface area contributed by atoms with E-state index in [1.165, 1.54) is 0 Å². The molecule has 1 amide bonds. The van der Waals surface area contributed by atoms with Crippen LogP contribution in [0.3, 0.4) is 0 Å². The topological polar surface area (TPSA) is 93.5 Å². The van der Waals surface area contributed by atoms with Crippen molar-refractivity contribution >= 4 is 17.6 Å². The van der Waals surface area contributed by atoms with Crippen molar-refractivity contribution in [3.05, 3.63) is 41.2 Å². The number of hydrogen-bond donors (Lipinski definition) is 2. The first-order valence-corrected chi connectivity index (χ1v) is 8.53. The number of ether oxygens (including phenoxy) is 1. The van der Waals surface area contributed by atoms with Crippen LogP contribution in [0.1, 0.15) is 30.8 Å². The highest BCUT2D eigenvalue weighted by Gasteiger charge is 2.15. The fraction of sp³-hybridized carbons (Fsp3) is 0.421.